The van der Waals surface area contributed by atoms with Crippen LogP contribution in [0.5, 0.6) is 0 Å². The molecule has 2 atom stereocenters. The molecule has 1 saturated heterocycles. The monoisotopic (exact) mass is 494 g/mol. The van der Waals surface area contributed by atoms with Gasteiger partial charge in [0.1, 0.15) is 0 Å². The number of guanidine groups is 1. The Balaban J connectivity index is 0.00000364. The van der Waals surface area contributed by atoms with E-state index in [1.807, 2.05) is 0 Å². The molecule has 2 unspecified atom stereocenters. The van der Waals surface area contributed by atoms with Crippen LogP contribution in [0.4, 0.5) is 0 Å². The van der Waals surface area contributed by atoms with Crippen molar-refractivity contribution < 1.29 is 5.11 Å². The van der Waals surface area contributed by atoms with E-state index in [1.165, 1.54) is 45.2 Å². The van der Waals surface area contributed by atoms with Gasteiger partial charge in [-0.15, -0.1) is 24.0 Å². The molecule has 0 spiro atoms. The number of aliphatic imine (C=N–C) groups is 1. The van der Waals surface area contributed by atoms with Crippen molar-refractivity contribution in [2.45, 2.75) is 71.8 Å². The fourth-order valence-electron chi connectivity index (χ4n) is 4.54. The maximum atomic E-state index is 9.31. The molecule has 0 amide bonds. The first-order chi connectivity index (χ1) is 12.6. The molecule has 0 radical (unpaired) electrons. The van der Waals surface area contributed by atoms with Crippen LogP contribution in [0.25, 0.3) is 0 Å². The first kappa shape index (κ1) is 25.0. The molecule has 0 aromatic carbocycles. The lowest BCUT2D eigenvalue weighted by atomic mass is 9.94. The zero-order valence-electron chi connectivity index (χ0n) is 17.8. The highest BCUT2D eigenvalue weighted by atomic mass is 127. The Morgan fingerprint density at radius 2 is 1.96 bits per heavy atom. The Bertz CT molecular complexity index is 413. The molecule has 3 N–H and O–H groups in total. The van der Waals surface area contributed by atoms with Gasteiger partial charge in [-0.05, 0) is 56.8 Å². The molecule has 0 bridgehead atoms. The highest BCUT2D eigenvalue weighted by Gasteiger charge is 2.26. The van der Waals surface area contributed by atoms with Crippen molar-refractivity contribution >= 4 is 29.9 Å². The van der Waals surface area contributed by atoms with Gasteiger partial charge in [0.25, 0.3) is 0 Å². The SMILES string of the molecule is CCNC(=NCC(CCO)CC(C)C)NC1CCN(CC2CCCC2)C1.I. The van der Waals surface area contributed by atoms with Crippen LogP contribution >= 0.6 is 24.0 Å². The number of aliphatic hydroxyl groups is 1. The first-order valence-corrected chi connectivity index (χ1v) is 11.0. The van der Waals surface area contributed by atoms with Crippen LogP contribution in [-0.2, 0) is 0 Å². The Labute approximate surface area is 184 Å². The molecule has 160 valence electrons. The molecular weight excluding hydrogens is 451 g/mol. The summed E-state index contributed by atoms with van der Waals surface area (Å²) in [5.74, 6) is 3.01. The summed E-state index contributed by atoms with van der Waals surface area (Å²) in [4.78, 5) is 7.49. The van der Waals surface area contributed by atoms with Gasteiger partial charge in [0.15, 0.2) is 5.96 Å². The van der Waals surface area contributed by atoms with E-state index < -0.39 is 0 Å². The lowest BCUT2D eigenvalue weighted by Gasteiger charge is -2.22. The van der Waals surface area contributed by atoms with Crippen molar-refractivity contribution in [3.05, 3.63) is 0 Å². The number of nitrogens with zero attached hydrogens (tertiary/aromatic N) is 2. The van der Waals surface area contributed by atoms with E-state index in [0.29, 0.717) is 17.9 Å². The normalized spacial score (nSPS) is 22.9. The summed E-state index contributed by atoms with van der Waals surface area (Å²) >= 11 is 0. The molecule has 2 fully saturated rings. The van der Waals surface area contributed by atoms with Gasteiger partial charge in [0.2, 0.25) is 0 Å². The van der Waals surface area contributed by atoms with Crippen LogP contribution in [0.1, 0.15) is 65.7 Å². The van der Waals surface area contributed by atoms with Gasteiger partial charge in [-0.2, -0.15) is 0 Å². The zero-order chi connectivity index (χ0) is 18.8. The van der Waals surface area contributed by atoms with Crippen molar-refractivity contribution in [3.8, 4) is 0 Å². The van der Waals surface area contributed by atoms with Gasteiger partial charge in [-0.3, -0.25) is 4.99 Å². The lowest BCUT2D eigenvalue weighted by Crippen LogP contribution is -2.45. The minimum absolute atomic E-state index is 0. The maximum absolute atomic E-state index is 9.31. The Morgan fingerprint density at radius 1 is 1.22 bits per heavy atom. The van der Waals surface area contributed by atoms with Gasteiger partial charge in [-0.25, -0.2) is 0 Å². The Morgan fingerprint density at radius 3 is 2.59 bits per heavy atom. The first-order valence-electron chi connectivity index (χ1n) is 11.0. The van der Waals surface area contributed by atoms with E-state index in [4.69, 9.17) is 4.99 Å². The van der Waals surface area contributed by atoms with Crippen molar-refractivity contribution in [1.29, 1.82) is 0 Å². The third kappa shape index (κ3) is 9.79. The molecule has 5 nitrogen and oxygen atoms in total. The van der Waals surface area contributed by atoms with Crippen LogP contribution in [-0.4, -0.2) is 61.3 Å². The van der Waals surface area contributed by atoms with Gasteiger partial charge < -0.3 is 20.6 Å². The molecule has 1 heterocycles. The summed E-state index contributed by atoms with van der Waals surface area (Å²) < 4.78 is 0. The Hall–Kier alpha value is -0.0800. The van der Waals surface area contributed by atoms with E-state index in [9.17, 15) is 5.11 Å². The Kier molecular flexibility index (Phi) is 12.9. The van der Waals surface area contributed by atoms with Crippen LogP contribution < -0.4 is 10.6 Å². The van der Waals surface area contributed by atoms with Crippen LogP contribution in [0.3, 0.4) is 0 Å². The topological polar surface area (TPSA) is 59.9 Å². The van der Waals surface area contributed by atoms with Crippen LogP contribution in [0, 0.1) is 17.8 Å². The summed E-state index contributed by atoms with van der Waals surface area (Å²) in [6.07, 6.45) is 8.91. The maximum Gasteiger partial charge on any atom is 0.191 e. The van der Waals surface area contributed by atoms with E-state index in [1.54, 1.807) is 0 Å². The summed E-state index contributed by atoms with van der Waals surface area (Å²) in [5.41, 5.74) is 0. The molecule has 0 aromatic rings. The molecule has 2 rings (SSSR count). The minimum Gasteiger partial charge on any atom is -0.396 e. The summed E-state index contributed by atoms with van der Waals surface area (Å²) in [5, 5.41) is 16.4. The number of hydrogen-bond acceptors (Lipinski definition) is 3. The van der Waals surface area contributed by atoms with Gasteiger partial charge in [-0.1, -0.05) is 26.7 Å². The zero-order valence-corrected chi connectivity index (χ0v) is 20.1. The van der Waals surface area contributed by atoms with Crippen molar-refractivity contribution in [2.75, 3.05) is 39.3 Å². The molecule has 6 heteroatoms. The van der Waals surface area contributed by atoms with Gasteiger partial charge in [0.05, 0.1) is 0 Å². The second-order valence-corrected chi connectivity index (χ2v) is 8.77. The van der Waals surface area contributed by atoms with E-state index in [-0.39, 0.29) is 30.6 Å². The predicted molar refractivity (Wildman–Crippen MR) is 126 cm³/mol. The quantitative estimate of drug-likeness (QED) is 0.247. The second-order valence-electron chi connectivity index (χ2n) is 8.77. The predicted octanol–water partition coefficient (Wildman–Crippen LogP) is 3.47. The molecule has 1 aliphatic carbocycles. The van der Waals surface area contributed by atoms with Gasteiger partial charge >= 0.3 is 0 Å². The standard InChI is InChI=1S/C21H42N4O.HI/c1-4-22-21(23-14-19(10-12-26)13-17(2)3)24-20-9-11-25(16-20)15-18-7-5-6-8-18;/h17-20,26H,4-16H2,1-3H3,(H2,22,23,24);1H. The number of nitrogens with one attached hydrogen (secondary N) is 2. The molecule has 0 aromatic heterocycles. The fourth-order valence-corrected chi connectivity index (χ4v) is 4.54. The highest BCUT2D eigenvalue weighted by Crippen LogP contribution is 2.26. The molecule has 1 aliphatic heterocycles. The molecular formula is C21H43IN4O. The third-order valence-electron chi connectivity index (χ3n) is 5.80. The largest absolute Gasteiger partial charge is 0.396 e. The number of hydrogen-bond donors (Lipinski definition) is 3. The lowest BCUT2D eigenvalue weighted by molar-refractivity contribution is 0.245. The number of halogens is 1. The number of aliphatic hydroxyl groups excluding tert-OH is 1. The van der Waals surface area contributed by atoms with Crippen LogP contribution in [0.2, 0.25) is 0 Å². The number of rotatable bonds is 10. The smallest absolute Gasteiger partial charge is 0.191 e. The molecule has 2 aliphatic rings. The van der Waals surface area contributed by atoms with E-state index in [2.05, 4.69) is 36.3 Å². The third-order valence-corrected chi connectivity index (χ3v) is 5.80. The summed E-state index contributed by atoms with van der Waals surface area (Å²) in [6, 6.07) is 0.510. The van der Waals surface area contributed by atoms with Crippen molar-refractivity contribution in [1.82, 2.24) is 15.5 Å². The average molecular weight is 495 g/mol. The number of likely N-dealkylation sites (tertiary alicyclic amines) is 1. The van der Waals surface area contributed by atoms with E-state index in [0.717, 1.165) is 44.4 Å². The second kappa shape index (κ2) is 14.0. The highest BCUT2D eigenvalue weighted by molar-refractivity contribution is 14.0. The fraction of sp³-hybridized carbons (Fsp3) is 0.952. The van der Waals surface area contributed by atoms with Gasteiger partial charge in [0, 0.05) is 45.4 Å². The summed E-state index contributed by atoms with van der Waals surface area (Å²) in [6.45, 7) is 12.2. The van der Waals surface area contributed by atoms with Crippen LogP contribution in [0.15, 0.2) is 4.99 Å². The molecule has 27 heavy (non-hydrogen) atoms. The van der Waals surface area contributed by atoms with Crippen molar-refractivity contribution in [2.24, 2.45) is 22.7 Å². The molecule has 1 saturated carbocycles. The summed E-state index contributed by atoms with van der Waals surface area (Å²) in [7, 11) is 0. The average Bonchev–Trinajstić information content (AvgIpc) is 3.25. The van der Waals surface area contributed by atoms with E-state index >= 15 is 0 Å². The van der Waals surface area contributed by atoms with Crippen molar-refractivity contribution in [3.63, 3.8) is 0 Å². The minimum atomic E-state index is 0.